The van der Waals surface area contributed by atoms with E-state index in [-0.39, 0.29) is 17.2 Å². The van der Waals surface area contributed by atoms with Gasteiger partial charge in [-0.25, -0.2) is 0 Å². The number of carbonyl (C=O) groups is 2. The molecule has 2 N–H and O–H groups in total. The maximum Gasteiger partial charge on any atom is 0.325 e. The first-order valence-electron chi connectivity index (χ1n) is 4.69. The van der Waals surface area contributed by atoms with Gasteiger partial charge < -0.3 is 10.4 Å². The van der Waals surface area contributed by atoms with E-state index in [1.54, 1.807) is 6.92 Å². The average Bonchev–Trinajstić information content (AvgIpc) is 2.00. The molecule has 0 aromatic carbocycles. The Labute approximate surface area is 84.7 Å². The summed E-state index contributed by atoms with van der Waals surface area (Å²) in [6, 6.07) is -0.827. The van der Waals surface area contributed by atoms with Gasteiger partial charge in [0.2, 0.25) is 5.91 Å². The zero-order valence-electron chi connectivity index (χ0n) is 9.42. The van der Waals surface area contributed by atoms with E-state index in [0.29, 0.717) is 0 Å². The highest BCUT2D eigenvalue weighted by molar-refractivity contribution is 5.84. The van der Waals surface area contributed by atoms with Crippen molar-refractivity contribution < 1.29 is 14.7 Å². The van der Waals surface area contributed by atoms with Crippen molar-refractivity contribution in [1.29, 1.82) is 0 Å². The van der Waals surface area contributed by atoms with Crippen molar-refractivity contribution in [3.8, 4) is 0 Å². The molecule has 0 heterocycles. The highest BCUT2D eigenvalue weighted by Crippen LogP contribution is 2.25. The van der Waals surface area contributed by atoms with Crippen LogP contribution < -0.4 is 5.32 Å². The third-order valence-corrected chi connectivity index (χ3v) is 2.42. The maximum absolute atomic E-state index is 11.5. The summed E-state index contributed by atoms with van der Waals surface area (Å²) in [4.78, 5) is 22.0. The summed E-state index contributed by atoms with van der Waals surface area (Å²) in [7, 11) is 0. The first-order chi connectivity index (χ1) is 6.16. The summed E-state index contributed by atoms with van der Waals surface area (Å²) in [5.41, 5.74) is -0.150. The molecule has 0 aromatic heterocycles. The Hall–Kier alpha value is -1.06. The molecule has 4 nitrogen and oxygen atoms in total. The molecule has 0 bridgehead atoms. The van der Waals surface area contributed by atoms with Crippen LogP contribution in [0.3, 0.4) is 0 Å². The number of aliphatic carboxylic acids is 1. The Morgan fingerprint density at radius 1 is 1.21 bits per heavy atom. The number of nitrogens with one attached hydrogen (secondary N) is 1. The van der Waals surface area contributed by atoms with Gasteiger partial charge in [0.25, 0.3) is 0 Å². The smallest absolute Gasteiger partial charge is 0.325 e. The first kappa shape index (κ1) is 12.9. The van der Waals surface area contributed by atoms with Crippen LogP contribution in [0.25, 0.3) is 0 Å². The van der Waals surface area contributed by atoms with Crippen molar-refractivity contribution in [3.05, 3.63) is 0 Å². The third kappa shape index (κ3) is 3.77. The van der Waals surface area contributed by atoms with E-state index >= 15 is 0 Å². The van der Waals surface area contributed by atoms with Crippen LogP contribution in [0.1, 0.15) is 34.6 Å². The topological polar surface area (TPSA) is 66.4 Å². The van der Waals surface area contributed by atoms with E-state index in [9.17, 15) is 9.59 Å². The number of rotatable bonds is 3. The Balaban J connectivity index is 4.29. The molecule has 0 spiro atoms. The lowest BCUT2D eigenvalue weighted by atomic mass is 9.81. The number of amides is 1. The van der Waals surface area contributed by atoms with Gasteiger partial charge in [-0.2, -0.15) is 0 Å². The molecule has 1 amide bonds. The van der Waals surface area contributed by atoms with Crippen molar-refractivity contribution >= 4 is 11.9 Å². The number of hydrogen-bond acceptors (Lipinski definition) is 2. The summed E-state index contributed by atoms with van der Waals surface area (Å²) < 4.78 is 0. The Bertz CT molecular complexity index is 230. The van der Waals surface area contributed by atoms with E-state index in [1.807, 2.05) is 20.8 Å². The van der Waals surface area contributed by atoms with Crippen LogP contribution in [-0.2, 0) is 9.59 Å². The maximum atomic E-state index is 11.5. The second kappa shape index (κ2) is 4.44. The van der Waals surface area contributed by atoms with Crippen LogP contribution in [0.4, 0.5) is 0 Å². The summed E-state index contributed by atoms with van der Waals surface area (Å²) in [6.45, 7) is 9.09. The van der Waals surface area contributed by atoms with Crippen molar-refractivity contribution in [3.63, 3.8) is 0 Å². The van der Waals surface area contributed by atoms with Gasteiger partial charge in [-0.3, -0.25) is 9.59 Å². The van der Waals surface area contributed by atoms with E-state index in [2.05, 4.69) is 5.32 Å². The number of hydrogen-bond donors (Lipinski definition) is 2. The molecule has 0 aliphatic heterocycles. The molecule has 1 unspecified atom stereocenters. The lowest BCUT2D eigenvalue weighted by Gasteiger charge is -2.26. The Morgan fingerprint density at radius 2 is 1.64 bits per heavy atom. The van der Waals surface area contributed by atoms with E-state index in [0.717, 1.165) is 0 Å². The van der Waals surface area contributed by atoms with Gasteiger partial charge in [-0.1, -0.05) is 27.7 Å². The van der Waals surface area contributed by atoms with Gasteiger partial charge >= 0.3 is 5.97 Å². The van der Waals surface area contributed by atoms with Crippen LogP contribution in [0.15, 0.2) is 0 Å². The van der Waals surface area contributed by atoms with Gasteiger partial charge in [0.1, 0.15) is 6.04 Å². The van der Waals surface area contributed by atoms with Crippen molar-refractivity contribution in [2.45, 2.75) is 40.7 Å². The second-order valence-corrected chi connectivity index (χ2v) is 4.66. The largest absolute Gasteiger partial charge is 0.480 e. The minimum atomic E-state index is -1.01. The molecular weight excluding hydrogens is 182 g/mol. The normalized spacial score (nSPS) is 15.8. The molecule has 0 radical (unpaired) electrons. The van der Waals surface area contributed by atoms with Crippen molar-refractivity contribution in [2.24, 2.45) is 11.3 Å². The van der Waals surface area contributed by atoms with Crippen LogP contribution in [0.5, 0.6) is 0 Å². The molecule has 0 rings (SSSR count). The Kier molecular flexibility index (Phi) is 4.10. The molecule has 0 saturated heterocycles. The predicted octanol–water partition coefficient (Wildman–Crippen LogP) is 1.26. The fourth-order valence-corrected chi connectivity index (χ4v) is 0.793. The summed E-state index contributed by atoms with van der Waals surface area (Å²) in [6.07, 6.45) is 0. The minimum Gasteiger partial charge on any atom is -0.480 e. The molecule has 0 aliphatic rings. The lowest BCUT2D eigenvalue weighted by Crippen LogP contribution is -2.44. The number of carboxylic acid groups (broad SMARTS) is 1. The van der Waals surface area contributed by atoms with Crippen LogP contribution >= 0.6 is 0 Å². The van der Waals surface area contributed by atoms with Gasteiger partial charge in [0.05, 0.1) is 0 Å². The quantitative estimate of drug-likeness (QED) is 0.722. The van der Waals surface area contributed by atoms with Crippen molar-refractivity contribution in [2.75, 3.05) is 0 Å². The molecule has 14 heavy (non-hydrogen) atoms. The van der Waals surface area contributed by atoms with Gasteiger partial charge in [0.15, 0.2) is 0 Å². The molecular formula is C10H19NO3. The minimum absolute atomic E-state index is 0.150. The van der Waals surface area contributed by atoms with Gasteiger partial charge in [-0.15, -0.1) is 0 Å². The average molecular weight is 201 g/mol. The predicted molar refractivity (Wildman–Crippen MR) is 53.9 cm³/mol. The van der Waals surface area contributed by atoms with E-state index in [1.165, 1.54) is 6.92 Å². The summed E-state index contributed by atoms with van der Waals surface area (Å²) in [5.74, 6) is -1.43. The lowest BCUT2D eigenvalue weighted by molar-refractivity contribution is -0.142. The molecule has 82 valence electrons. The second-order valence-electron chi connectivity index (χ2n) is 4.66. The summed E-state index contributed by atoms with van der Waals surface area (Å²) in [5, 5.41) is 11.0. The molecule has 0 saturated carbocycles. The van der Waals surface area contributed by atoms with Crippen LogP contribution in [0.2, 0.25) is 0 Å². The fraction of sp³-hybridized carbons (Fsp3) is 0.800. The standard InChI is InChI=1S/C10H19NO3/c1-6(10(3,4)5)8(12)11-7(2)9(13)14/h6-7H,1-5H3,(H,11,12)(H,13,14)/t6?,7-/m0/s1. The fourth-order valence-electron chi connectivity index (χ4n) is 0.793. The first-order valence-corrected chi connectivity index (χ1v) is 4.69. The molecule has 0 fully saturated rings. The zero-order chi connectivity index (χ0) is 11.5. The number of carbonyl (C=O) groups excluding carboxylic acids is 1. The molecule has 0 aliphatic carbocycles. The number of carboxylic acids is 1. The Morgan fingerprint density at radius 3 is 1.93 bits per heavy atom. The van der Waals surface area contributed by atoms with Crippen LogP contribution in [-0.4, -0.2) is 23.0 Å². The molecule has 4 heteroatoms. The highest BCUT2D eigenvalue weighted by atomic mass is 16.4. The third-order valence-electron chi connectivity index (χ3n) is 2.42. The zero-order valence-corrected chi connectivity index (χ0v) is 9.42. The molecule has 0 aromatic rings. The van der Waals surface area contributed by atoms with E-state index in [4.69, 9.17) is 5.11 Å². The van der Waals surface area contributed by atoms with Gasteiger partial charge in [-0.05, 0) is 12.3 Å². The van der Waals surface area contributed by atoms with E-state index < -0.39 is 12.0 Å². The van der Waals surface area contributed by atoms with Crippen LogP contribution in [0, 0.1) is 11.3 Å². The summed E-state index contributed by atoms with van der Waals surface area (Å²) >= 11 is 0. The van der Waals surface area contributed by atoms with Gasteiger partial charge in [0, 0.05) is 5.92 Å². The van der Waals surface area contributed by atoms with Crippen molar-refractivity contribution in [1.82, 2.24) is 5.32 Å². The molecule has 2 atom stereocenters. The SMILES string of the molecule is CC(C(=O)N[C@@H](C)C(=O)O)C(C)(C)C. The highest BCUT2D eigenvalue weighted by Gasteiger charge is 2.28. The monoisotopic (exact) mass is 201 g/mol.